The Balaban J connectivity index is 2.02. The molecule has 0 spiro atoms. The molecule has 0 aliphatic carbocycles. The first-order valence-corrected chi connectivity index (χ1v) is 7.71. The molecule has 1 saturated heterocycles. The molecule has 1 fully saturated rings. The van der Waals surface area contributed by atoms with E-state index in [2.05, 4.69) is 0 Å². The van der Waals surface area contributed by atoms with Gasteiger partial charge in [0.25, 0.3) is 0 Å². The Bertz CT molecular complexity index is 534. The second kappa shape index (κ2) is 6.48. The quantitative estimate of drug-likeness (QED) is 0.916. The number of amides is 2. The Labute approximate surface area is 132 Å². The van der Waals surface area contributed by atoms with E-state index in [4.69, 9.17) is 5.73 Å². The monoisotopic (exact) mass is 303 g/mol. The molecule has 1 heterocycles. The van der Waals surface area contributed by atoms with Gasteiger partial charge in [-0.15, -0.1) is 0 Å². The highest BCUT2D eigenvalue weighted by atomic mass is 16.2. The minimum absolute atomic E-state index is 0.0531. The Kier molecular flexibility index (Phi) is 4.86. The third-order valence-electron chi connectivity index (χ3n) is 4.61. The van der Waals surface area contributed by atoms with Gasteiger partial charge in [-0.1, -0.05) is 30.3 Å². The molecule has 2 rings (SSSR count). The maximum absolute atomic E-state index is 12.8. The van der Waals surface area contributed by atoms with Crippen LogP contribution < -0.4 is 5.73 Å². The number of nitrogens with zero attached hydrogens (tertiary/aromatic N) is 2. The molecule has 5 nitrogen and oxygen atoms in total. The van der Waals surface area contributed by atoms with Crippen LogP contribution in [0.1, 0.15) is 32.3 Å². The van der Waals surface area contributed by atoms with Gasteiger partial charge >= 0.3 is 0 Å². The molecule has 0 radical (unpaired) electrons. The number of hydrogen-bond donors (Lipinski definition) is 1. The van der Waals surface area contributed by atoms with Crippen molar-refractivity contribution < 1.29 is 9.59 Å². The lowest BCUT2D eigenvalue weighted by molar-refractivity contribution is -0.139. The van der Waals surface area contributed by atoms with Gasteiger partial charge in [0.05, 0.1) is 0 Å². The Morgan fingerprint density at radius 2 is 1.77 bits per heavy atom. The summed E-state index contributed by atoms with van der Waals surface area (Å²) in [4.78, 5) is 27.8. The molecule has 1 atom stereocenters. The smallest absolute Gasteiger partial charge is 0.246 e. The van der Waals surface area contributed by atoms with E-state index < -0.39 is 5.54 Å². The highest BCUT2D eigenvalue weighted by Crippen LogP contribution is 2.23. The van der Waals surface area contributed by atoms with E-state index in [0.717, 1.165) is 18.4 Å². The molecule has 1 aliphatic heterocycles. The number of benzene rings is 1. The molecule has 0 aromatic heterocycles. The van der Waals surface area contributed by atoms with Crippen molar-refractivity contribution in [2.45, 2.75) is 38.3 Å². The molecule has 0 bridgehead atoms. The SMILES string of the molecule is CC(=O)N(C)C1CCN(C(=O)C(C)(N)c2ccccc2)CC1. The molecule has 1 aromatic rings. The second-order valence-electron chi connectivity index (χ2n) is 6.22. The van der Waals surface area contributed by atoms with Crippen LogP contribution in [0.2, 0.25) is 0 Å². The van der Waals surface area contributed by atoms with Gasteiger partial charge in [0.2, 0.25) is 11.8 Å². The third kappa shape index (κ3) is 3.30. The number of rotatable bonds is 3. The lowest BCUT2D eigenvalue weighted by atomic mass is 9.90. The summed E-state index contributed by atoms with van der Waals surface area (Å²) in [6.45, 7) is 4.61. The van der Waals surface area contributed by atoms with E-state index >= 15 is 0 Å². The highest BCUT2D eigenvalue weighted by Gasteiger charge is 2.36. The van der Waals surface area contributed by atoms with Gasteiger partial charge in [0, 0.05) is 33.1 Å². The van der Waals surface area contributed by atoms with E-state index in [1.807, 2.05) is 42.3 Å². The first kappa shape index (κ1) is 16.5. The van der Waals surface area contributed by atoms with Crippen LogP contribution in [0.15, 0.2) is 30.3 Å². The van der Waals surface area contributed by atoms with Gasteiger partial charge in [-0.3, -0.25) is 9.59 Å². The fourth-order valence-corrected chi connectivity index (χ4v) is 2.95. The summed E-state index contributed by atoms with van der Waals surface area (Å²) < 4.78 is 0. The van der Waals surface area contributed by atoms with Crippen molar-refractivity contribution in [2.24, 2.45) is 5.73 Å². The van der Waals surface area contributed by atoms with Gasteiger partial charge in [-0.25, -0.2) is 0 Å². The van der Waals surface area contributed by atoms with Crippen LogP contribution in [0, 0.1) is 0 Å². The second-order valence-corrected chi connectivity index (χ2v) is 6.22. The summed E-state index contributed by atoms with van der Waals surface area (Å²) in [5.74, 6) is 0.0142. The van der Waals surface area contributed by atoms with Gasteiger partial charge in [-0.05, 0) is 25.3 Å². The maximum atomic E-state index is 12.8. The van der Waals surface area contributed by atoms with Gasteiger partial charge in [-0.2, -0.15) is 0 Å². The predicted molar refractivity (Wildman–Crippen MR) is 86.0 cm³/mol. The van der Waals surface area contributed by atoms with Crippen LogP contribution in [0.5, 0.6) is 0 Å². The fraction of sp³-hybridized carbons (Fsp3) is 0.529. The summed E-state index contributed by atoms with van der Waals surface area (Å²) in [6.07, 6.45) is 1.60. The minimum Gasteiger partial charge on any atom is -0.343 e. The molecule has 120 valence electrons. The molecular weight excluding hydrogens is 278 g/mol. The molecule has 2 amide bonds. The third-order valence-corrected chi connectivity index (χ3v) is 4.61. The summed E-state index contributed by atoms with van der Waals surface area (Å²) in [5, 5.41) is 0. The van der Waals surface area contributed by atoms with Crippen LogP contribution in [0.3, 0.4) is 0 Å². The molecule has 22 heavy (non-hydrogen) atoms. The summed E-state index contributed by atoms with van der Waals surface area (Å²) >= 11 is 0. The predicted octanol–water partition coefficient (Wildman–Crippen LogP) is 1.33. The van der Waals surface area contributed by atoms with E-state index in [1.54, 1.807) is 18.7 Å². The van der Waals surface area contributed by atoms with Gasteiger partial charge < -0.3 is 15.5 Å². The van der Waals surface area contributed by atoms with E-state index in [-0.39, 0.29) is 17.9 Å². The fourth-order valence-electron chi connectivity index (χ4n) is 2.95. The number of carbonyl (C=O) groups excluding carboxylic acids is 2. The standard InChI is InChI=1S/C17H25N3O2/c1-13(21)19(3)15-9-11-20(12-10-15)16(22)17(2,18)14-7-5-4-6-8-14/h4-8,15H,9-12,18H2,1-3H3. The Morgan fingerprint density at radius 1 is 1.23 bits per heavy atom. The van der Waals surface area contributed by atoms with Crippen LogP contribution in [0.4, 0.5) is 0 Å². The number of hydrogen-bond acceptors (Lipinski definition) is 3. The summed E-state index contributed by atoms with van der Waals surface area (Å²) in [7, 11) is 1.82. The normalized spacial score (nSPS) is 18.6. The van der Waals surface area contributed by atoms with Crippen LogP contribution in [-0.2, 0) is 15.1 Å². The lowest BCUT2D eigenvalue weighted by Crippen LogP contribution is -2.55. The molecule has 1 aromatic carbocycles. The zero-order valence-corrected chi connectivity index (χ0v) is 13.6. The van der Waals surface area contributed by atoms with Crippen LogP contribution in [-0.4, -0.2) is 47.8 Å². The number of likely N-dealkylation sites (tertiary alicyclic amines) is 1. The molecule has 1 aliphatic rings. The van der Waals surface area contributed by atoms with Crippen molar-refractivity contribution in [3.05, 3.63) is 35.9 Å². The summed E-state index contributed by atoms with van der Waals surface area (Å²) in [6, 6.07) is 9.67. The first-order chi connectivity index (χ1) is 10.3. The summed E-state index contributed by atoms with van der Waals surface area (Å²) in [5.41, 5.74) is 6.11. The van der Waals surface area contributed by atoms with E-state index in [9.17, 15) is 9.59 Å². The Morgan fingerprint density at radius 3 is 2.27 bits per heavy atom. The van der Waals surface area contributed by atoms with Crippen molar-refractivity contribution in [1.29, 1.82) is 0 Å². The Hall–Kier alpha value is -1.88. The topological polar surface area (TPSA) is 66.6 Å². The average Bonchev–Trinajstić information content (AvgIpc) is 2.54. The number of carbonyl (C=O) groups is 2. The zero-order chi connectivity index (χ0) is 16.3. The van der Waals surface area contributed by atoms with Crippen molar-refractivity contribution in [3.63, 3.8) is 0 Å². The lowest BCUT2D eigenvalue weighted by Gasteiger charge is -2.39. The largest absolute Gasteiger partial charge is 0.343 e. The van der Waals surface area contributed by atoms with Crippen LogP contribution in [0.25, 0.3) is 0 Å². The van der Waals surface area contributed by atoms with E-state index in [1.165, 1.54) is 0 Å². The van der Waals surface area contributed by atoms with Crippen molar-refractivity contribution >= 4 is 11.8 Å². The molecule has 0 saturated carbocycles. The zero-order valence-electron chi connectivity index (χ0n) is 13.6. The molecule has 1 unspecified atom stereocenters. The van der Waals surface area contributed by atoms with Crippen molar-refractivity contribution in [3.8, 4) is 0 Å². The number of nitrogens with two attached hydrogens (primary N) is 1. The number of piperidine rings is 1. The van der Waals surface area contributed by atoms with Crippen molar-refractivity contribution in [2.75, 3.05) is 20.1 Å². The average molecular weight is 303 g/mol. The van der Waals surface area contributed by atoms with E-state index in [0.29, 0.717) is 13.1 Å². The molecule has 5 heteroatoms. The molecular formula is C17H25N3O2. The first-order valence-electron chi connectivity index (χ1n) is 7.71. The molecule has 2 N–H and O–H groups in total. The van der Waals surface area contributed by atoms with Gasteiger partial charge in [0.1, 0.15) is 5.54 Å². The van der Waals surface area contributed by atoms with Crippen LogP contribution >= 0.6 is 0 Å². The highest BCUT2D eigenvalue weighted by molar-refractivity contribution is 5.87. The maximum Gasteiger partial charge on any atom is 0.246 e. The minimum atomic E-state index is -1.01. The van der Waals surface area contributed by atoms with Gasteiger partial charge in [0.15, 0.2) is 0 Å². The van der Waals surface area contributed by atoms with Crippen molar-refractivity contribution in [1.82, 2.24) is 9.80 Å².